The molecular formula is C28H38N2O3S. The third-order valence-electron chi connectivity index (χ3n) is 5.87. The maximum absolute atomic E-state index is 13.9. The molecule has 1 fully saturated rings. The van der Waals surface area contributed by atoms with Crippen LogP contribution in [0, 0.1) is 0 Å². The van der Waals surface area contributed by atoms with Crippen LogP contribution < -0.4 is 5.32 Å². The summed E-state index contributed by atoms with van der Waals surface area (Å²) in [5.41, 5.74) is 1.94. The monoisotopic (exact) mass is 482 g/mol. The van der Waals surface area contributed by atoms with E-state index in [1.165, 1.54) is 17.8 Å². The number of nitrogens with one attached hydrogen (secondary N) is 1. The topological polar surface area (TPSA) is 58.6 Å². The second kappa shape index (κ2) is 13.8. The highest BCUT2D eigenvalue weighted by atomic mass is 32.1. The van der Waals surface area contributed by atoms with Crippen LogP contribution in [0.4, 0.5) is 0 Å². The highest BCUT2D eigenvalue weighted by Crippen LogP contribution is 2.26. The van der Waals surface area contributed by atoms with E-state index >= 15 is 0 Å². The van der Waals surface area contributed by atoms with Crippen LogP contribution in [0.5, 0.6) is 0 Å². The molecule has 1 N–H and O–H groups in total. The van der Waals surface area contributed by atoms with Crippen molar-refractivity contribution in [3.05, 3.63) is 82.5 Å². The van der Waals surface area contributed by atoms with Gasteiger partial charge in [0.2, 0.25) is 11.8 Å². The molecule has 0 spiro atoms. The number of allylic oxidation sites excluding steroid dienone is 5. The number of rotatable bonds is 11. The van der Waals surface area contributed by atoms with Gasteiger partial charge >= 0.3 is 0 Å². The minimum Gasteiger partial charge on any atom is -0.501 e. The second-order valence-electron chi connectivity index (χ2n) is 8.60. The number of carbonyl (C=O) groups excluding carboxylic acids is 2. The molecule has 34 heavy (non-hydrogen) atoms. The lowest BCUT2D eigenvalue weighted by Crippen LogP contribution is -2.52. The Hall–Kier alpha value is -2.86. The van der Waals surface area contributed by atoms with E-state index in [-0.39, 0.29) is 24.3 Å². The van der Waals surface area contributed by atoms with Crippen LogP contribution in [0.3, 0.4) is 0 Å². The molecule has 1 aromatic rings. The van der Waals surface area contributed by atoms with Crippen LogP contribution in [-0.2, 0) is 20.7 Å². The van der Waals surface area contributed by atoms with Gasteiger partial charge in [-0.1, -0.05) is 56.2 Å². The normalized spacial score (nSPS) is 16.5. The number of nitrogens with zero attached hydrogens (tertiary/aromatic N) is 1. The largest absolute Gasteiger partial charge is 0.501 e. The third kappa shape index (κ3) is 7.59. The summed E-state index contributed by atoms with van der Waals surface area (Å²) < 4.78 is 5.52. The van der Waals surface area contributed by atoms with Crippen molar-refractivity contribution in [2.24, 2.45) is 0 Å². The maximum atomic E-state index is 13.9. The van der Waals surface area contributed by atoms with E-state index in [4.69, 9.17) is 4.74 Å². The lowest BCUT2D eigenvalue weighted by Gasteiger charge is -2.35. The first-order valence-corrected chi connectivity index (χ1v) is 12.7. The van der Waals surface area contributed by atoms with Crippen LogP contribution in [-0.4, -0.2) is 35.9 Å². The van der Waals surface area contributed by atoms with Gasteiger partial charge in [-0.2, -0.15) is 0 Å². The summed E-state index contributed by atoms with van der Waals surface area (Å²) in [7, 11) is 1.56. The molecule has 1 aliphatic carbocycles. The van der Waals surface area contributed by atoms with Crippen molar-refractivity contribution in [1.29, 1.82) is 0 Å². The fourth-order valence-corrected chi connectivity index (χ4v) is 4.89. The molecular weight excluding hydrogens is 444 g/mol. The van der Waals surface area contributed by atoms with Gasteiger partial charge in [0.15, 0.2) is 0 Å². The number of carbonyl (C=O) groups is 2. The van der Waals surface area contributed by atoms with Crippen molar-refractivity contribution in [2.75, 3.05) is 7.11 Å². The maximum Gasteiger partial charge on any atom is 0.248 e. The number of amides is 2. The smallest absolute Gasteiger partial charge is 0.248 e. The average Bonchev–Trinajstić information content (AvgIpc) is 3.31. The number of ether oxygens (including phenoxy) is 1. The van der Waals surface area contributed by atoms with Gasteiger partial charge in [0, 0.05) is 22.2 Å². The summed E-state index contributed by atoms with van der Waals surface area (Å²) in [5, 5.41) is 5.16. The molecule has 5 nitrogen and oxygen atoms in total. The summed E-state index contributed by atoms with van der Waals surface area (Å²) in [5.74, 6) is 0.137. The molecule has 0 radical (unpaired) electrons. The van der Waals surface area contributed by atoms with Crippen molar-refractivity contribution < 1.29 is 14.3 Å². The lowest BCUT2D eigenvalue weighted by molar-refractivity contribution is -0.136. The van der Waals surface area contributed by atoms with Crippen LogP contribution in [0.25, 0.3) is 0 Å². The molecule has 184 valence electrons. The molecule has 1 aliphatic rings. The van der Waals surface area contributed by atoms with E-state index in [0.29, 0.717) is 17.0 Å². The summed E-state index contributed by atoms with van der Waals surface area (Å²) >= 11 is 1.52. The molecule has 6 heteroatoms. The number of hydrogen-bond acceptors (Lipinski definition) is 4. The van der Waals surface area contributed by atoms with Gasteiger partial charge in [0.05, 0.1) is 19.3 Å². The Balaban J connectivity index is 2.63. The van der Waals surface area contributed by atoms with Crippen molar-refractivity contribution >= 4 is 23.2 Å². The predicted molar refractivity (Wildman–Crippen MR) is 141 cm³/mol. The first kappa shape index (κ1) is 27.4. The van der Waals surface area contributed by atoms with Crippen molar-refractivity contribution in [1.82, 2.24) is 10.2 Å². The molecule has 0 saturated heterocycles. The zero-order valence-electron chi connectivity index (χ0n) is 20.9. The fraction of sp³-hybridized carbons (Fsp3) is 0.429. The molecule has 0 bridgehead atoms. The molecule has 2 rings (SSSR count). The molecule has 1 saturated carbocycles. The Labute approximate surface area is 208 Å². The van der Waals surface area contributed by atoms with E-state index in [0.717, 1.165) is 36.1 Å². The SMILES string of the molecule is C=C/C(=C(\C)OC)C(C(=O)NC1CCCCC1)N(C(=O)Cc1cccs1)C(/C=C\C)=C/C(=C)C. The highest BCUT2D eigenvalue weighted by Gasteiger charge is 2.36. The quantitative estimate of drug-likeness (QED) is 0.307. The number of hydrogen-bond donors (Lipinski definition) is 1. The zero-order chi connectivity index (χ0) is 25.1. The average molecular weight is 483 g/mol. The summed E-state index contributed by atoms with van der Waals surface area (Å²) in [6.45, 7) is 13.5. The van der Waals surface area contributed by atoms with Gasteiger partial charge in [-0.05, 0) is 57.2 Å². The minimum atomic E-state index is -0.923. The van der Waals surface area contributed by atoms with Crippen LogP contribution in [0.2, 0.25) is 0 Å². The summed E-state index contributed by atoms with van der Waals surface area (Å²) in [6, 6.07) is 3.03. The Morgan fingerprint density at radius 1 is 1.29 bits per heavy atom. The van der Waals surface area contributed by atoms with Gasteiger partial charge in [0.1, 0.15) is 6.04 Å². The molecule has 0 aromatic carbocycles. The van der Waals surface area contributed by atoms with Gasteiger partial charge in [0.25, 0.3) is 0 Å². The number of methoxy groups -OCH3 is 1. The first-order valence-electron chi connectivity index (χ1n) is 11.8. The van der Waals surface area contributed by atoms with Gasteiger partial charge in [-0.3, -0.25) is 14.5 Å². The highest BCUT2D eigenvalue weighted by molar-refractivity contribution is 7.10. The molecule has 1 atom stereocenters. The van der Waals surface area contributed by atoms with E-state index in [9.17, 15) is 9.59 Å². The first-order chi connectivity index (χ1) is 16.3. The van der Waals surface area contributed by atoms with Gasteiger partial charge in [-0.15, -0.1) is 11.3 Å². The third-order valence-corrected chi connectivity index (χ3v) is 6.75. The Bertz CT molecular complexity index is 950. The molecule has 1 aromatic heterocycles. The molecule has 0 aliphatic heterocycles. The van der Waals surface area contributed by atoms with Crippen LogP contribution >= 0.6 is 11.3 Å². The van der Waals surface area contributed by atoms with Crippen molar-refractivity contribution in [3.8, 4) is 0 Å². The van der Waals surface area contributed by atoms with Gasteiger partial charge < -0.3 is 10.1 Å². The van der Waals surface area contributed by atoms with Crippen LogP contribution in [0.15, 0.2) is 77.6 Å². The Kier molecular flexibility index (Phi) is 11.1. The van der Waals surface area contributed by atoms with Crippen LogP contribution in [0.1, 0.15) is 57.8 Å². The summed E-state index contributed by atoms with van der Waals surface area (Å²) in [6.07, 6.45) is 12.6. The molecule has 1 unspecified atom stereocenters. The van der Waals surface area contributed by atoms with E-state index in [1.54, 1.807) is 25.0 Å². The second-order valence-corrected chi connectivity index (χ2v) is 9.63. The zero-order valence-corrected chi connectivity index (χ0v) is 21.7. The van der Waals surface area contributed by atoms with Crippen molar-refractivity contribution in [3.63, 3.8) is 0 Å². The fourth-order valence-electron chi connectivity index (χ4n) is 4.20. The van der Waals surface area contributed by atoms with Gasteiger partial charge in [-0.25, -0.2) is 0 Å². The summed E-state index contributed by atoms with van der Waals surface area (Å²) in [4.78, 5) is 30.2. The van der Waals surface area contributed by atoms with E-state index in [1.807, 2.05) is 49.6 Å². The van der Waals surface area contributed by atoms with E-state index < -0.39 is 6.04 Å². The lowest BCUT2D eigenvalue weighted by atomic mass is 9.94. The van der Waals surface area contributed by atoms with Crippen molar-refractivity contribution in [2.45, 2.75) is 71.4 Å². The predicted octanol–water partition coefficient (Wildman–Crippen LogP) is 6.08. The Morgan fingerprint density at radius 3 is 2.53 bits per heavy atom. The standard InChI is InChI=1S/C28H38N2O3S/c1-7-13-23(18-20(3)4)30(26(31)19-24-16-12-17-34-24)27(25(8-2)21(5)33-6)28(32)29-22-14-10-9-11-15-22/h7-8,12-13,16-18,22,27H,2-3,9-11,14-15,19H2,1,4-6H3,(H,29,32)/b13-7-,23-18+,25-21-. The number of thiophene rings is 1. The minimum absolute atomic E-state index is 0.0993. The van der Waals surface area contributed by atoms with E-state index in [2.05, 4.69) is 18.5 Å². The Morgan fingerprint density at radius 2 is 2.00 bits per heavy atom. The molecule has 1 heterocycles. The molecule has 2 amide bonds.